The highest BCUT2D eigenvalue weighted by Crippen LogP contribution is 2.33. The first-order valence-electron chi connectivity index (χ1n) is 9.27. The number of hydrogen-bond acceptors (Lipinski definition) is 5. The van der Waals surface area contributed by atoms with E-state index >= 15 is 0 Å². The molecule has 4 rings (SSSR count). The zero-order chi connectivity index (χ0) is 18.1. The molecule has 2 N–H and O–H groups in total. The summed E-state index contributed by atoms with van der Waals surface area (Å²) >= 11 is 0. The molecule has 2 heterocycles. The molecule has 1 amide bonds. The van der Waals surface area contributed by atoms with Crippen molar-refractivity contribution < 1.29 is 23.8 Å². The molecule has 0 radical (unpaired) electrons. The number of ether oxygens (including phenoxy) is 2. The fourth-order valence-corrected chi connectivity index (χ4v) is 3.46. The van der Waals surface area contributed by atoms with Crippen LogP contribution in [-0.4, -0.2) is 43.0 Å². The van der Waals surface area contributed by atoms with Crippen molar-refractivity contribution in [3.8, 4) is 5.75 Å². The minimum absolute atomic E-state index is 0.104. The van der Waals surface area contributed by atoms with Crippen molar-refractivity contribution in [3.05, 3.63) is 29.5 Å². The molecule has 140 valence electrons. The first-order valence-corrected chi connectivity index (χ1v) is 9.27. The van der Waals surface area contributed by atoms with E-state index in [1.807, 2.05) is 18.2 Å². The Hall–Kier alpha value is -2.05. The Morgan fingerprint density at radius 1 is 1.35 bits per heavy atom. The standard InChI is InChI=1S/C20H25NO5/c1-13-18(19(23)21-20(12-22)6-8-24-9-7-20)16-10-15(4-5-17(16)26-13)25-11-14-2-3-14/h4-5,10,14,22H,2-3,6-9,11-12H2,1H3,(H,21,23). The second-order valence-corrected chi connectivity index (χ2v) is 7.45. The van der Waals surface area contributed by atoms with Crippen LogP contribution in [0.4, 0.5) is 0 Å². The van der Waals surface area contributed by atoms with Crippen LogP contribution < -0.4 is 10.1 Å². The van der Waals surface area contributed by atoms with Gasteiger partial charge in [0.15, 0.2) is 0 Å². The maximum absolute atomic E-state index is 13.0. The molecule has 1 aliphatic heterocycles. The second kappa shape index (κ2) is 6.93. The van der Waals surface area contributed by atoms with E-state index in [0.717, 1.165) is 17.7 Å². The van der Waals surface area contributed by atoms with Gasteiger partial charge in [-0.25, -0.2) is 0 Å². The molecular weight excluding hydrogens is 334 g/mol. The third kappa shape index (κ3) is 3.44. The fraction of sp³-hybridized carbons (Fsp3) is 0.550. The van der Waals surface area contributed by atoms with Gasteiger partial charge in [0.05, 0.1) is 24.3 Å². The van der Waals surface area contributed by atoms with Crippen LogP contribution in [0.2, 0.25) is 0 Å². The third-order valence-corrected chi connectivity index (χ3v) is 5.38. The van der Waals surface area contributed by atoms with Crippen molar-refractivity contribution in [3.63, 3.8) is 0 Å². The van der Waals surface area contributed by atoms with Gasteiger partial charge >= 0.3 is 0 Å². The summed E-state index contributed by atoms with van der Waals surface area (Å²) in [5, 5.41) is 13.6. The van der Waals surface area contributed by atoms with Crippen molar-refractivity contribution in [1.29, 1.82) is 0 Å². The minimum atomic E-state index is -0.633. The highest BCUT2D eigenvalue weighted by molar-refractivity contribution is 6.07. The van der Waals surface area contributed by atoms with Gasteiger partial charge in [0.25, 0.3) is 5.91 Å². The Kier molecular flexibility index (Phi) is 4.63. The molecule has 2 aromatic rings. The molecule has 1 saturated heterocycles. The predicted molar refractivity (Wildman–Crippen MR) is 96.5 cm³/mol. The Bertz CT molecular complexity index is 802. The summed E-state index contributed by atoms with van der Waals surface area (Å²) in [5.74, 6) is 1.76. The van der Waals surface area contributed by atoms with Gasteiger partial charge in [-0.15, -0.1) is 0 Å². The van der Waals surface area contributed by atoms with E-state index in [9.17, 15) is 9.90 Å². The van der Waals surface area contributed by atoms with Gasteiger partial charge in [-0.2, -0.15) is 0 Å². The fourth-order valence-electron chi connectivity index (χ4n) is 3.46. The van der Waals surface area contributed by atoms with Crippen LogP contribution in [0.15, 0.2) is 22.6 Å². The Morgan fingerprint density at radius 3 is 2.81 bits per heavy atom. The molecular formula is C20H25NO5. The van der Waals surface area contributed by atoms with Crippen LogP contribution in [0.5, 0.6) is 5.75 Å². The van der Waals surface area contributed by atoms with Gasteiger partial charge in [0, 0.05) is 18.6 Å². The second-order valence-electron chi connectivity index (χ2n) is 7.45. The number of nitrogens with one attached hydrogen (secondary N) is 1. The van der Waals surface area contributed by atoms with E-state index in [1.54, 1.807) is 6.92 Å². The lowest BCUT2D eigenvalue weighted by Gasteiger charge is -2.36. The van der Waals surface area contributed by atoms with Gasteiger partial charge in [0.1, 0.15) is 17.1 Å². The van der Waals surface area contributed by atoms with E-state index < -0.39 is 5.54 Å². The van der Waals surface area contributed by atoms with Crippen molar-refractivity contribution in [2.45, 2.75) is 38.1 Å². The van der Waals surface area contributed by atoms with Crippen LogP contribution in [-0.2, 0) is 4.74 Å². The average Bonchev–Trinajstić information content (AvgIpc) is 3.41. The molecule has 2 aliphatic rings. The van der Waals surface area contributed by atoms with Crippen LogP contribution in [0.1, 0.15) is 41.8 Å². The number of furan rings is 1. The number of rotatable bonds is 6. The van der Waals surface area contributed by atoms with Gasteiger partial charge in [0.2, 0.25) is 0 Å². The molecule has 2 fully saturated rings. The summed E-state index contributed by atoms with van der Waals surface area (Å²) in [5.41, 5.74) is 0.540. The Labute approximate surface area is 152 Å². The molecule has 1 aliphatic carbocycles. The molecule has 6 nitrogen and oxygen atoms in total. The van der Waals surface area contributed by atoms with Gasteiger partial charge in [-0.3, -0.25) is 4.79 Å². The number of hydrogen-bond donors (Lipinski definition) is 2. The minimum Gasteiger partial charge on any atom is -0.493 e. The van der Waals surface area contributed by atoms with E-state index in [1.165, 1.54) is 12.8 Å². The van der Waals surface area contributed by atoms with Crippen LogP contribution in [0, 0.1) is 12.8 Å². The summed E-state index contributed by atoms with van der Waals surface area (Å²) in [6, 6.07) is 5.60. The van der Waals surface area contributed by atoms with Crippen LogP contribution in [0.25, 0.3) is 11.0 Å². The Balaban J connectivity index is 1.60. The molecule has 0 atom stereocenters. The molecule has 6 heteroatoms. The summed E-state index contributed by atoms with van der Waals surface area (Å²) in [6.07, 6.45) is 3.65. The molecule has 0 bridgehead atoms. The molecule has 1 aromatic heterocycles. The third-order valence-electron chi connectivity index (χ3n) is 5.38. The topological polar surface area (TPSA) is 80.9 Å². The van der Waals surface area contributed by atoms with E-state index in [4.69, 9.17) is 13.9 Å². The van der Waals surface area contributed by atoms with Crippen molar-refractivity contribution >= 4 is 16.9 Å². The highest BCUT2D eigenvalue weighted by atomic mass is 16.5. The lowest BCUT2D eigenvalue weighted by Crippen LogP contribution is -2.54. The first kappa shape index (κ1) is 17.4. The van der Waals surface area contributed by atoms with E-state index in [0.29, 0.717) is 48.9 Å². The number of carbonyl (C=O) groups excluding carboxylic acids is 1. The first-order chi connectivity index (χ1) is 12.6. The van der Waals surface area contributed by atoms with Crippen LogP contribution >= 0.6 is 0 Å². The maximum Gasteiger partial charge on any atom is 0.255 e. The maximum atomic E-state index is 13.0. The zero-order valence-corrected chi connectivity index (χ0v) is 15.0. The largest absolute Gasteiger partial charge is 0.493 e. The van der Waals surface area contributed by atoms with Gasteiger partial charge < -0.3 is 24.3 Å². The smallest absolute Gasteiger partial charge is 0.255 e. The zero-order valence-electron chi connectivity index (χ0n) is 15.0. The summed E-state index contributed by atoms with van der Waals surface area (Å²) in [7, 11) is 0. The van der Waals surface area contributed by atoms with Crippen molar-refractivity contribution in [2.24, 2.45) is 5.92 Å². The number of aryl methyl sites for hydroxylation is 1. The number of benzene rings is 1. The predicted octanol–water partition coefficient (Wildman–Crippen LogP) is 2.80. The molecule has 1 saturated carbocycles. The van der Waals surface area contributed by atoms with Crippen LogP contribution in [0.3, 0.4) is 0 Å². The van der Waals surface area contributed by atoms with E-state index in [-0.39, 0.29) is 12.5 Å². The number of carbonyl (C=O) groups is 1. The molecule has 0 unspecified atom stereocenters. The van der Waals surface area contributed by atoms with Gasteiger partial charge in [-0.1, -0.05) is 0 Å². The average molecular weight is 359 g/mol. The highest BCUT2D eigenvalue weighted by Gasteiger charge is 2.35. The SMILES string of the molecule is Cc1oc2ccc(OCC3CC3)cc2c1C(=O)NC1(CO)CCOCC1. The van der Waals surface area contributed by atoms with E-state index in [2.05, 4.69) is 5.32 Å². The normalized spacial score (nSPS) is 19.5. The number of amides is 1. The molecule has 26 heavy (non-hydrogen) atoms. The Morgan fingerprint density at radius 2 is 2.12 bits per heavy atom. The number of aliphatic hydroxyl groups excluding tert-OH is 1. The summed E-state index contributed by atoms with van der Waals surface area (Å²) < 4.78 is 17.0. The summed E-state index contributed by atoms with van der Waals surface area (Å²) in [6.45, 7) is 3.47. The number of aliphatic hydroxyl groups is 1. The lowest BCUT2D eigenvalue weighted by molar-refractivity contribution is 0.0125. The monoisotopic (exact) mass is 359 g/mol. The molecule has 1 aromatic carbocycles. The number of fused-ring (bicyclic) bond motifs is 1. The van der Waals surface area contributed by atoms with Crippen molar-refractivity contribution in [2.75, 3.05) is 26.4 Å². The summed E-state index contributed by atoms with van der Waals surface area (Å²) in [4.78, 5) is 13.0. The lowest BCUT2D eigenvalue weighted by atomic mass is 9.90. The van der Waals surface area contributed by atoms with Crippen molar-refractivity contribution in [1.82, 2.24) is 5.32 Å². The molecule has 0 spiro atoms. The quantitative estimate of drug-likeness (QED) is 0.829. The van der Waals surface area contributed by atoms with Gasteiger partial charge in [-0.05, 0) is 56.7 Å².